The van der Waals surface area contributed by atoms with Gasteiger partial charge in [-0.15, -0.1) is 0 Å². The molecule has 0 saturated carbocycles. The largest absolute Gasteiger partial charge is 0.497 e. The fraction of sp³-hybridized carbons (Fsp3) is 0.100. The number of carbonyl (C=O) groups is 2. The van der Waals surface area contributed by atoms with Crippen LogP contribution in [0.2, 0.25) is 0 Å². The summed E-state index contributed by atoms with van der Waals surface area (Å²) in [6.45, 7) is 3.89. The number of nitrogens with zero attached hydrogens (tertiary/aromatic N) is 2. The molecular formula is C30H27N3O6S. The van der Waals surface area contributed by atoms with Gasteiger partial charge in [0, 0.05) is 18.1 Å². The monoisotopic (exact) mass is 557 g/mol. The lowest BCUT2D eigenvalue weighted by Gasteiger charge is -2.28. The predicted molar refractivity (Wildman–Crippen MR) is 151 cm³/mol. The Morgan fingerprint density at radius 2 is 1.62 bits per heavy atom. The zero-order chi connectivity index (χ0) is 28.7. The third-order valence-corrected chi connectivity index (χ3v) is 7.90. The van der Waals surface area contributed by atoms with Gasteiger partial charge in [0.1, 0.15) is 11.4 Å². The molecule has 1 N–H and O–H groups in total. The van der Waals surface area contributed by atoms with E-state index >= 15 is 0 Å². The minimum absolute atomic E-state index is 0.00737. The molecule has 10 heteroatoms. The Bertz CT molecular complexity index is 1640. The average molecular weight is 558 g/mol. The van der Waals surface area contributed by atoms with Gasteiger partial charge in [-0.1, -0.05) is 36.9 Å². The number of esters is 1. The van der Waals surface area contributed by atoms with Crippen LogP contribution in [-0.4, -0.2) is 39.5 Å². The number of carbonyl (C=O) groups excluding carboxylic acids is 2. The number of rotatable bonds is 10. The Hall–Kier alpha value is -4.96. The number of anilines is 2. The van der Waals surface area contributed by atoms with E-state index in [-0.39, 0.29) is 33.6 Å². The van der Waals surface area contributed by atoms with Crippen molar-refractivity contribution in [1.82, 2.24) is 4.98 Å². The maximum absolute atomic E-state index is 13.8. The summed E-state index contributed by atoms with van der Waals surface area (Å²) in [5.41, 5.74) is 1.55. The molecule has 0 atom stereocenters. The first-order valence-electron chi connectivity index (χ1n) is 12.1. The highest BCUT2D eigenvalue weighted by molar-refractivity contribution is 7.91. The molecule has 1 aromatic heterocycles. The highest BCUT2D eigenvalue weighted by Gasteiger charge is 2.28. The van der Waals surface area contributed by atoms with Crippen molar-refractivity contribution in [2.75, 3.05) is 24.4 Å². The zero-order valence-electron chi connectivity index (χ0n) is 21.9. The van der Waals surface area contributed by atoms with Crippen molar-refractivity contribution in [3.63, 3.8) is 0 Å². The van der Waals surface area contributed by atoms with E-state index in [0.29, 0.717) is 22.6 Å². The molecule has 9 nitrogen and oxygen atoms in total. The lowest BCUT2D eigenvalue weighted by molar-refractivity contribution is -0.136. The van der Waals surface area contributed by atoms with Crippen LogP contribution < -0.4 is 15.0 Å². The molecular weight excluding hydrogens is 530 g/mol. The van der Waals surface area contributed by atoms with Crippen molar-refractivity contribution < 1.29 is 27.5 Å². The van der Waals surface area contributed by atoms with E-state index in [1.54, 1.807) is 72.9 Å². The van der Waals surface area contributed by atoms with Gasteiger partial charge in [0.05, 0.1) is 41.8 Å². The average Bonchev–Trinajstić information content (AvgIpc) is 3.00. The molecule has 40 heavy (non-hydrogen) atoms. The Morgan fingerprint density at radius 1 is 0.925 bits per heavy atom. The van der Waals surface area contributed by atoms with Crippen molar-refractivity contribution in [2.45, 2.75) is 16.3 Å². The number of para-hydroxylation sites is 2. The van der Waals surface area contributed by atoms with Crippen molar-refractivity contribution in [3.05, 3.63) is 121 Å². The molecule has 0 unspecified atom stereocenters. The third-order valence-electron chi connectivity index (χ3n) is 6.08. The predicted octanol–water partition coefficient (Wildman–Crippen LogP) is 4.87. The zero-order valence-corrected chi connectivity index (χ0v) is 22.7. The van der Waals surface area contributed by atoms with Crippen molar-refractivity contribution >= 4 is 33.1 Å². The number of pyridine rings is 1. The molecule has 204 valence electrons. The maximum Gasteiger partial charge on any atom is 0.354 e. The van der Waals surface area contributed by atoms with Gasteiger partial charge in [0.25, 0.3) is 5.91 Å². The van der Waals surface area contributed by atoms with Gasteiger partial charge >= 0.3 is 5.97 Å². The summed E-state index contributed by atoms with van der Waals surface area (Å²) in [6.07, 6.45) is 3.02. The number of ether oxygens (including phenoxy) is 2. The normalized spacial score (nSPS) is 10.8. The minimum Gasteiger partial charge on any atom is -0.497 e. The summed E-state index contributed by atoms with van der Waals surface area (Å²) in [5, 5.41) is 2.87. The van der Waals surface area contributed by atoms with Crippen LogP contribution in [0, 0.1) is 0 Å². The van der Waals surface area contributed by atoms with Gasteiger partial charge in [-0.3, -0.25) is 9.78 Å². The molecule has 0 aliphatic carbocycles. The van der Waals surface area contributed by atoms with Gasteiger partial charge in [0.2, 0.25) is 9.84 Å². The van der Waals surface area contributed by atoms with Crippen molar-refractivity contribution in [2.24, 2.45) is 0 Å². The van der Waals surface area contributed by atoms with Gasteiger partial charge in [-0.2, -0.15) is 0 Å². The Labute approximate surface area is 232 Å². The van der Waals surface area contributed by atoms with Crippen LogP contribution in [0.4, 0.5) is 11.4 Å². The molecule has 4 aromatic rings. The number of nitrogens with one attached hydrogen (secondary N) is 1. The second-order valence-corrected chi connectivity index (χ2v) is 10.4. The first kappa shape index (κ1) is 28.1. The minimum atomic E-state index is -4.03. The van der Waals surface area contributed by atoms with Crippen LogP contribution in [0.25, 0.3) is 0 Å². The number of aromatic nitrogens is 1. The second kappa shape index (κ2) is 12.3. The molecule has 0 spiro atoms. The molecule has 0 saturated heterocycles. The molecule has 0 aliphatic heterocycles. The van der Waals surface area contributed by atoms with E-state index in [2.05, 4.69) is 16.9 Å². The lowest BCUT2D eigenvalue weighted by atomic mass is 10.1. The first-order chi connectivity index (χ1) is 19.3. The topological polar surface area (TPSA) is 115 Å². The van der Waals surface area contributed by atoms with E-state index in [9.17, 15) is 18.0 Å². The number of sulfone groups is 1. The molecule has 1 heterocycles. The van der Waals surface area contributed by atoms with E-state index in [0.717, 1.165) is 0 Å². The number of amides is 1. The quantitative estimate of drug-likeness (QED) is 0.217. The summed E-state index contributed by atoms with van der Waals surface area (Å²) in [4.78, 5) is 31.0. The molecule has 0 radical (unpaired) electrons. The van der Waals surface area contributed by atoms with Crippen molar-refractivity contribution in [3.8, 4) is 5.75 Å². The Kier molecular flexibility index (Phi) is 8.60. The highest BCUT2D eigenvalue weighted by atomic mass is 32.2. The van der Waals surface area contributed by atoms with Crippen LogP contribution >= 0.6 is 0 Å². The summed E-state index contributed by atoms with van der Waals surface area (Å²) < 4.78 is 37.6. The summed E-state index contributed by atoms with van der Waals surface area (Å²) in [7, 11) is -1.32. The van der Waals surface area contributed by atoms with E-state index < -0.39 is 15.8 Å². The molecule has 3 aromatic carbocycles. The van der Waals surface area contributed by atoms with Crippen LogP contribution in [0.3, 0.4) is 0 Å². The maximum atomic E-state index is 13.8. The summed E-state index contributed by atoms with van der Waals surface area (Å²) >= 11 is 0. The van der Waals surface area contributed by atoms with Crippen LogP contribution in [0.1, 0.15) is 15.9 Å². The fourth-order valence-electron chi connectivity index (χ4n) is 3.99. The number of methoxy groups -OCH3 is 2. The van der Waals surface area contributed by atoms with E-state index in [4.69, 9.17) is 9.47 Å². The SMILES string of the molecule is C=C(C(=O)OC)N(Cc1ccccc1NC(=O)c1cccnc1)c1ccccc1S(=O)(=O)c1ccc(OC)cc1. The summed E-state index contributed by atoms with van der Waals surface area (Å²) in [5.74, 6) is -0.604. The Morgan fingerprint density at radius 3 is 2.30 bits per heavy atom. The molecule has 0 bridgehead atoms. The lowest BCUT2D eigenvalue weighted by Crippen LogP contribution is -2.29. The van der Waals surface area contributed by atoms with Gasteiger partial charge in [0.15, 0.2) is 0 Å². The van der Waals surface area contributed by atoms with E-state index in [1.165, 1.54) is 43.5 Å². The van der Waals surface area contributed by atoms with Crippen LogP contribution in [0.5, 0.6) is 5.75 Å². The molecule has 1 amide bonds. The first-order valence-corrected chi connectivity index (χ1v) is 13.6. The molecule has 0 fully saturated rings. The smallest absolute Gasteiger partial charge is 0.354 e. The van der Waals surface area contributed by atoms with Crippen molar-refractivity contribution in [1.29, 1.82) is 0 Å². The highest BCUT2D eigenvalue weighted by Crippen LogP contribution is 2.34. The van der Waals surface area contributed by atoms with Gasteiger partial charge in [-0.05, 0) is 60.2 Å². The second-order valence-electron chi connectivity index (χ2n) is 8.52. The number of benzene rings is 3. The van der Waals surface area contributed by atoms with Crippen LogP contribution in [-0.2, 0) is 25.9 Å². The van der Waals surface area contributed by atoms with E-state index in [1.807, 2.05) is 0 Å². The van der Waals surface area contributed by atoms with Crippen LogP contribution in [0.15, 0.2) is 119 Å². The van der Waals surface area contributed by atoms with Gasteiger partial charge in [-0.25, -0.2) is 13.2 Å². The molecule has 4 rings (SSSR count). The standard InChI is InChI=1S/C30H27N3O6S/c1-21(30(35)39-3)33(20-23-9-4-5-11-26(23)32-29(34)22-10-8-18-31-19-22)27-12-6-7-13-28(27)40(36,37)25-16-14-24(38-2)15-17-25/h4-19H,1,20H2,2-3H3,(H,32,34). The number of hydrogen-bond acceptors (Lipinski definition) is 8. The molecule has 0 aliphatic rings. The van der Waals surface area contributed by atoms with Gasteiger partial charge < -0.3 is 19.7 Å². The number of hydrogen-bond donors (Lipinski definition) is 1. The third kappa shape index (κ3) is 6.02. The summed E-state index contributed by atoms with van der Waals surface area (Å²) in [6, 6.07) is 22.6. The Balaban J connectivity index is 1.77. The fourth-order valence-corrected chi connectivity index (χ4v) is 5.44.